The molecule has 2 heterocycles. The molecule has 1 N–H and O–H groups in total. The molecule has 10 heteroatoms. The van der Waals surface area contributed by atoms with Crippen molar-refractivity contribution in [2.75, 3.05) is 17.7 Å². The summed E-state index contributed by atoms with van der Waals surface area (Å²) in [6.45, 7) is 8.52. The number of nitrogens with zero attached hydrogens (tertiary/aromatic N) is 3. The highest BCUT2D eigenvalue weighted by Gasteiger charge is 2.20. The topological polar surface area (TPSA) is 78.1 Å². The van der Waals surface area contributed by atoms with E-state index in [9.17, 15) is 9.59 Å². The van der Waals surface area contributed by atoms with Crippen LogP contribution >= 0.6 is 35.3 Å². The van der Waals surface area contributed by atoms with Crippen LogP contribution in [0.5, 0.6) is 5.75 Å². The Kier molecular flexibility index (Phi) is 8.20. The second kappa shape index (κ2) is 11.8. The van der Waals surface area contributed by atoms with Gasteiger partial charge in [-0.05, 0) is 99.6 Å². The molecule has 0 atom stereocenters. The minimum atomic E-state index is -0.230. The minimum absolute atomic E-state index is 0.0741. The van der Waals surface area contributed by atoms with Gasteiger partial charge in [0.1, 0.15) is 10.4 Å². The van der Waals surface area contributed by atoms with E-state index in [1.165, 1.54) is 23.1 Å². The number of aromatic nitrogens is 3. The third kappa shape index (κ3) is 5.74. The van der Waals surface area contributed by atoms with Gasteiger partial charge in [0.05, 0.1) is 18.0 Å². The van der Waals surface area contributed by atoms with Crippen molar-refractivity contribution in [2.45, 2.75) is 32.9 Å². The van der Waals surface area contributed by atoms with Crippen molar-refractivity contribution >= 4 is 57.3 Å². The van der Waals surface area contributed by atoms with Crippen molar-refractivity contribution in [3.63, 3.8) is 0 Å². The average molecular weight is 589 g/mol. The van der Waals surface area contributed by atoms with Gasteiger partial charge in [0.15, 0.2) is 14.8 Å². The van der Waals surface area contributed by atoms with Gasteiger partial charge in [-0.1, -0.05) is 46.9 Å². The van der Waals surface area contributed by atoms with Crippen molar-refractivity contribution in [3.8, 4) is 17.1 Å². The van der Waals surface area contributed by atoms with Crippen molar-refractivity contribution in [1.82, 2.24) is 14.1 Å². The first-order chi connectivity index (χ1) is 19.2. The monoisotopic (exact) mass is 588 g/mol. The molecule has 0 saturated carbocycles. The van der Waals surface area contributed by atoms with E-state index in [2.05, 4.69) is 5.32 Å². The zero-order valence-electron chi connectivity index (χ0n) is 22.6. The highest BCUT2D eigenvalue weighted by atomic mass is 32.2. The van der Waals surface area contributed by atoms with Gasteiger partial charge in [-0.25, -0.2) is 4.98 Å². The quantitative estimate of drug-likeness (QED) is 0.119. The summed E-state index contributed by atoms with van der Waals surface area (Å²) in [5.41, 5.74) is 5.75. The molecule has 0 bridgehead atoms. The predicted molar refractivity (Wildman–Crippen MR) is 167 cm³/mol. The van der Waals surface area contributed by atoms with Gasteiger partial charge in [0.2, 0.25) is 5.91 Å². The Hall–Kier alpha value is -3.73. The van der Waals surface area contributed by atoms with Gasteiger partial charge < -0.3 is 10.1 Å². The fourth-order valence-corrected chi connectivity index (χ4v) is 6.29. The Morgan fingerprint density at radius 2 is 1.65 bits per heavy atom. The number of fused-ring (bicyclic) bond motifs is 1. The maximum absolute atomic E-state index is 13.9. The molecule has 0 fully saturated rings. The molecular weight excluding hydrogens is 561 g/mol. The first-order valence-electron chi connectivity index (χ1n) is 12.7. The maximum Gasteiger partial charge on any atom is 0.278 e. The fourth-order valence-electron chi connectivity index (χ4n) is 4.19. The average Bonchev–Trinajstić information content (AvgIpc) is 3.27. The van der Waals surface area contributed by atoms with Gasteiger partial charge >= 0.3 is 0 Å². The second-order valence-corrected chi connectivity index (χ2v) is 11.9. The Bertz CT molecular complexity index is 1820. The number of nitrogens with one attached hydrogen (secondary N) is 1. The van der Waals surface area contributed by atoms with E-state index < -0.39 is 0 Å². The molecule has 7 nitrogen and oxygen atoms in total. The first kappa shape index (κ1) is 27.8. The number of ether oxygens (including phenoxy) is 1. The van der Waals surface area contributed by atoms with Crippen molar-refractivity contribution in [1.29, 1.82) is 0 Å². The Balaban J connectivity index is 1.56. The standard InChI is InChI=1S/C30H28N4O3S3/c1-5-37-24-14-12-22(13-15-24)33-27-26(40-30(33)38)28(36)34(23-10-6-18(2)7-11-23)29(32-27)39-17-25(35)31-21-9-8-19(3)20(4)16-21/h6-16H,5,17H2,1-4H3,(H,31,35). The lowest BCUT2D eigenvalue weighted by atomic mass is 10.1. The number of hydrogen-bond acceptors (Lipinski definition) is 7. The molecule has 0 aliphatic rings. The van der Waals surface area contributed by atoms with Crippen molar-refractivity contribution in [2.24, 2.45) is 0 Å². The largest absolute Gasteiger partial charge is 0.494 e. The number of aryl methyl sites for hydroxylation is 3. The van der Waals surface area contributed by atoms with Crippen LogP contribution in [0.15, 0.2) is 76.7 Å². The lowest BCUT2D eigenvalue weighted by Crippen LogP contribution is -2.22. The summed E-state index contributed by atoms with van der Waals surface area (Å²) in [6, 6.07) is 21.0. The minimum Gasteiger partial charge on any atom is -0.494 e. The highest BCUT2D eigenvalue weighted by molar-refractivity contribution is 7.99. The molecule has 5 aromatic rings. The number of amides is 1. The maximum atomic E-state index is 13.9. The van der Waals surface area contributed by atoms with Crippen LogP contribution < -0.4 is 15.6 Å². The summed E-state index contributed by atoms with van der Waals surface area (Å²) in [4.78, 5) is 31.8. The Labute approximate surface area is 245 Å². The number of thiazole rings is 1. The van der Waals surface area contributed by atoms with E-state index in [0.717, 1.165) is 33.8 Å². The van der Waals surface area contributed by atoms with Crippen LogP contribution in [-0.2, 0) is 4.79 Å². The molecule has 5 rings (SSSR count). The van der Waals surface area contributed by atoms with Crippen LogP contribution in [0.3, 0.4) is 0 Å². The Morgan fingerprint density at radius 3 is 2.33 bits per heavy atom. The molecule has 0 aliphatic heterocycles. The highest BCUT2D eigenvalue weighted by Crippen LogP contribution is 2.28. The first-order valence-corrected chi connectivity index (χ1v) is 14.9. The molecule has 0 unspecified atom stereocenters. The van der Waals surface area contributed by atoms with E-state index in [0.29, 0.717) is 31.8 Å². The molecule has 1 amide bonds. The van der Waals surface area contributed by atoms with Gasteiger partial charge in [-0.3, -0.25) is 18.7 Å². The van der Waals surface area contributed by atoms with Crippen LogP contribution in [0.25, 0.3) is 21.7 Å². The molecule has 3 aromatic carbocycles. The number of carbonyl (C=O) groups is 1. The molecule has 0 spiro atoms. The van der Waals surface area contributed by atoms with E-state index in [4.69, 9.17) is 21.9 Å². The molecular formula is C30H28N4O3S3. The van der Waals surface area contributed by atoms with Gasteiger partial charge in [-0.2, -0.15) is 0 Å². The van der Waals surface area contributed by atoms with Crippen molar-refractivity contribution in [3.05, 3.63) is 97.7 Å². The lowest BCUT2D eigenvalue weighted by molar-refractivity contribution is -0.113. The van der Waals surface area contributed by atoms with E-state index in [1.807, 2.05) is 94.4 Å². The molecule has 0 aliphatic carbocycles. The summed E-state index contributed by atoms with van der Waals surface area (Å²) in [5, 5.41) is 3.36. The summed E-state index contributed by atoms with van der Waals surface area (Å²) in [5.74, 6) is 0.634. The molecule has 204 valence electrons. The third-order valence-electron chi connectivity index (χ3n) is 6.40. The Morgan fingerprint density at radius 1 is 0.975 bits per heavy atom. The molecule has 40 heavy (non-hydrogen) atoms. The summed E-state index contributed by atoms with van der Waals surface area (Å²) in [6.07, 6.45) is 0. The fraction of sp³-hybridized carbons (Fsp3) is 0.200. The van der Waals surface area contributed by atoms with Crippen LogP contribution in [0.1, 0.15) is 23.6 Å². The summed E-state index contributed by atoms with van der Waals surface area (Å²) in [7, 11) is 0. The lowest BCUT2D eigenvalue weighted by Gasteiger charge is -2.13. The van der Waals surface area contributed by atoms with Gasteiger partial charge in [0.25, 0.3) is 5.56 Å². The van der Waals surface area contributed by atoms with Crippen molar-refractivity contribution < 1.29 is 9.53 Å². The van der Waals surface area contributed by atoms with E-state index in [1.54, 1.807) is 9.13 Å². The number of benzene rings is 3. The molecule has 0 saturated heterocycles. The van der Waals surface area contributed by atoms with Gasteiger partial charge in [0, 0.05) is 11.4 Å². The SMILES string of the molecule is CCOc1ccc(-n2c(=S)sc3c(=O)n(-c4ccc(C)cc4)c(SCC(=O)Nc4ccc(C)c(C)c4)nc32)cc1. The number of anilines is 1. The number of carbonyl (C=O) groups excluding carboxylic acids is 1. The van der Waals surface area contributed by atoms with Crippen LogP contribution in [0, 0.1) is 24.7 Å². The van der Waals surface area contributed by atoms with E-state index >= 15 is 0 Å². The second-order valence-electron chi connectivity index (χ2n) is 9.29. The van der Waals surface area contributed by atoms with Gasteiger partial charge in [-0.15, -0.1) is 0 Å². The smallest absolute Gasteiger partial charge is 0.278 e. The van der Waals surface area contributed by atoms with E-state index in [-0.39, 0.29) is 17.2 Å². The zero-order valence-corrected chi connectivity index (χ0v) is 25.0. The third-order valence-corrected chi connectivity index (χ3v) is 8.69. The summed E-state index contributed by atoms with van der Waals surface area (Å²) < 4.78 is 9.89. The van der Waals surface area contributed by atoms with Crippen LogP contribution in [-0.4, -0.2) is 32.4 Å². The number of hydrogen-bond donors (Lipinski definition) is 1. The molecule has 0 radical (unpaired) electrons. The predicted octanol–water partition coefficient (Wildman–Crippen LogP) is 7.02. The molecule has 2 aromatic heterocycles. The number of thioether (sulfide) groups is 1. The number of rotatable bonds is 8. The summed E-state index contributed by atoms with van der Waals surface area (Å²) >= 11 is 8.12. The van der Waals surface area contributed by atoms with Crippen LogP contribution in [0.4, 0.5) is 5.69 Å². The van der Waals surface area contributed by atoms with Crippen LogP contribution in [0.2, 0.25) is 0 Å². The zero-order chi connectivity index (χ0) is 28.4. The normalized spacial score (nSPS) is 11.1.